The molecule has 0 aliphatic rings. The Balaban J connectivity index is 1.50. The number of hydrogen-bond donors (Lipinski definition) is 2. The van der Waals surface area contributed by atoms with E-state index in [1.807, 2.05) is 12.1 Å². The molecule has 3 rings (SSSR count). The van der Waals surface area contributed by atoms with Crippen LogP contribution in [0.1, 0.15) is 18.5 Å². The summed E-state index contributed by atoms with van der Waals surface area (Å²) in [7, 11) is 0. The molecule has 0 fully saturated rings. The summed E-state index contributed by atoms with van der Waals surface area (Å²) in [6.07, 6.45) is 5.54. The highest BCUT2D eigenvalue weighted by molar-refractivity contribution is 5.90. The number of pyridine rings is 1. The third-order valence-corrected chi connectivity index (χ3v) is 3.40. The molecule has 0 atom stereocenters. The molecule has 0 radical (unpaired) electrons. The molecule has 0 saturated heterocycles. The summed E-state index contributed by atoms with van der Waals surface area (Å²) in [5.41, 5.74) is 3.11. The highest BCUT2D eigenvalue weighted by Gasteiger charge is 2.04. The molecular weight excluding hydrogens is 262 g/mol. The fourth-order valence-corrected chi connectivity index (χ4v) is 2.37. The van der Waals surface area contributed by atoms with Crippen LogP contribution in [0.25, 0.3) is 10.9 Å². The number of anilines is 1. The Bertz CT molecular complexity index is 701. The van der Waals surface area contributed by atoms with Gasteiger partial charge >= 0.3 is 0 Å². The van der Waals surface area contributed by atoms with Gasteiger partial charge in [-0.25, -0.2) is 0 Å². The maximum Gasteiger partial charge on any atom is 0.224 e. The lowest BCUT2D eigenvalue weighted by molar-refractivity contribution is -0.116. The summed E-state index contributed by atoms with van der Waals surface area (Å²) < 4.78 is 0. The summed E-state index contributed by atoms with van der Waals surface area (Å²) in [6, 6.07) is 13.9. The van der Waals surface area contributed by atoms with Crippen molar-refractivity contribution in [3.8, 4) is 0 Å². The zero-order chi connectivity index (χ0) is 14.5. The van der Waals surface area contributed by atoms with Gasteiger partial charge in [-0.05, 0) is 42.5 Å². The SMILES string of the molecule is O=C(CCCc1cc2ccccc2[nH]1)Nc1ccncc1. The van der Waals surface area contributed by atoms with Crippen molar-refractivity contribution in [2.75, 3.05) is 5.32 Å². The van der Waals surface area contributed by atoms with E-state index < -0.39 is 0 Å². The van der Waals surface area contributed by atoms with Gasteiger partial charge in [0.25, 0.3) is 0 Å². The van der Waals surface area contributed by atoms with Gasteiger partial charge in [0, 0.05) is 35.7 Å². The minimum absolute atomic E-state index is 0.0392. The van der Waals surface area contributed by atoms with Crippen LogP contribution in [-0.4, -0.2) is 15.9 Å². The highest BCUT2D eigenvalue weighted by Crippen LogP contribution is 2.16. The number of rotatable bonds is 5. The number of nitrogens with one attached hydrogen (secondary N) is 2. The Morgan fingerprint density at radius 1 is 1.14 bits per heavy atom. The second-order valence-corrected chi connectivity index (χ2v) is 5.02. The smallest absolute Gasteiger partial charge is 0.224 e. The fraction of sp³-hybridized carbons (Fsp3) is 0.176. The first-order valence-electron chi connectivity index (χ1n) is 7.08. The minimum Gasteiger partial charge on any atom is -0.358 e. The number of carbonyl (C=O) groups is 1. The molecule has 2 heterocycles. The molecule has 1 aromatic carbocycles. The number of hydrogen-bond acceptors (Lipinski definition) is 2. The lowest BCUT2D eigenvalue weighted by Gasteiger charge is -2.04. The molecule has 0 aliphatic heterocycles. The second kappa shape index (κ2) is 6.22. The molecule has 3 aromatic rings. The van der Waals surface area contributed by atoms with Gasteiger partial charge in [0.1, 0.15) is 0 Å². The van der Waals surface area contributed by atoms with Crippen molar-refractivity contribution in [1.82, 2.24) is 9.97 Å². The zero-order valence-electron chi connectivity index (χ0n) is 11.7. The first-order chi connectivity index (χ1) is 10.3. The lowest BCUT2D eigenvalue weighted by atomic mass is 10.2. The molecule has 0 spiro atoms. The van der Waals surface area contributed by atoms with Crippen molar-refractivity contribution >= 4 is 22.5 Å². The quantitative estimate of drug-likeness (QED) is 0.750. The Morgan fingerprint density at radius 3 is 2.76 bits per heavy atom. The van der Waals surface area contributed by atoms with Gasteiger partial charge in [-0.2, -0.15) is 0 Å². The summed E-state index contributed by atoms with van der Waals surface area (Å²) >= 11 is 0. The number of benzene rings is 1. The van der Waals surface area contributed by atoms with Crippen LogP contribution in [0.15, 0.2) is 54.9 Å². The van der Waals surface area contributed by atoms with Crippen LogP contribution in [0.4, 0.5) is 5.69 Å². The number of amides is 1. The van der Waals surface area contributed by atoms with Gasteiger partial charge in [0.2, 0.25) is 5.91 Å². The van der Waals surface area contributed by atoms with E-state index in [-0.39, 0.29) is 5.91 Å². The predicted molar refractivity (Wildman–Crippen MR) is 84.1 cm³/mol. The predicted octanol–water partition coefficient (Wildman–Crippen LogP) is 3.52. The molecule has 0 saturated carbocycles. The molecule has 0 bridgehead atoms. The molecular formula is C17H17N3O. The summed E-state index contributed by atoms with van der Waals surface area (Å²) in [4.78, 5) is 19.1. The van der Waals surface area contributed by atoms with Crippen molar-refractivity contribution in [2.45, 2.75) is 19.3 Å². The van der Waals surface area contributed by atoms with E-state index in [2.05, 4.69) is 33.5 Å². The summed E-state index contributed by atoms with van der Waals surface area (Å²) in [5, 5.41) is 4.08. The highest BCUT2D eigenvalue weighted by atomic mass is 16.1. The Kier molecular flexibility index (Phi) is 3.96. The van der Waals surface area contributed by atoms with Crippen molar-refractivity contribution in [1.29, 1.82) is 0 Å². The second-order valence-electron chi connectivity index (χ2n) is 5.02. The molecule has 2 N–H and O–H groups in total. The molecule has 1 amide bonds. The molecule has 106 valence electrons. The van der Waals surface area contributed by atoms with Crippen LogP contribution in [-0.2, 0) is 11.2 Å². The van der Waals surface area contributed by atoms with E-state index in [0.717, 1.165) is 24.0 Å². The maximum absolute atomic E-state index is 11.8. The number of fused-ring (bicyclic) bond motifs is 1. The number of aromatic amines is 1. The van der Waals surface area contributed by atoms with Gasteiger partial charge in [-0.1, -0.05) is 18.2 Å². The third kappa shape index (κ3) is 3.48. The van der Waals surface area contributed by atoms with E-state index >= 15 is 0 Å². The van der Waals surface area contributed by atoms with E-state index in [1.165, 1.54) is 11.1 Å². The van der Waals surface area contributed by atoms with Crippen LogP contribution in [0.3, 0.4) is 0 Å². The summed E-state index contributed by atoms with van der Waals surface area (Å²) in [6.45, 7) is 0. The monoisotopic (exact) mass is 279 g/mol. The normalized spacial score (nSPS) is 10.7. The first-order valence-corrected chi connectivity index (χ1v) is 7.08. The first kappa shape index (κ1) is 13.4. The van der Waals surface area contributed by atoms with Gasteiger partial charge in [-0.15, -0.1) is 0 Å². The molecule has 2 aromatic heterocycles. The van der Waals surface area contributed by atoms with Crippen molar-refractivity contribution in [2.24, 2.45) is 0 Å². The fourth-order valence-electron chi connectivity index (χ4n) is 2.37. The van der Waals surface area contributed by atoms with Crippen LogP contribution in [0.5, 0.6) is 0 Å². The van der Waals surface area contributed by atoms with Crippen molar-refractivity contribution in [3.05, 3.63) is 60.6 Å². The number of H-pyrrole nitrogens is 1. The topological polar surface area (TPSA) is 57.8 Å². The van der Waals surface area contributed by atoms with E-state index in [0.29, 0.717) is 6.42 Å². The standard InChI is InChI=1S/C17H17N3O/c21-17(20-14-8-10-18-11-9-14)7-3-5-15-12-13-4-1-2-6-16(13)19-15/h1-2,4,6,8-12,19H,3,5,7H2,(H,18,20,21). The van der Waals surface area contributed by atoms with Gasteiger partial charge in [-0.3, -0.25) is 9.78 Å². The Hall–Kier alpha value is -2.62. The lowest BCUT2D eigenvalue weighted by Crippen LogP contribution is -2.11. The molecule has 21 heavy (non-hydrogen) atoms. The van der Waals surface area contributed by atoms with E-state index in [4.69, 9.17) is 0 Å². The number of aromatic nitrogens is 2. The van der Waals surface area contributed by atoms with Gasteiger partial charge in [0.05, 0.1) is 0 Å². The number of aryl methyl sites for hydroxylation is 1. The Labute approximate surface area is 123 Å². The van der Waals surface area contributed by atoms with Crippen LogP contribution >= 0.6 is 0 Å². The van der Waals surface area contributed by atoms with Crippen molar-refractivity contribution < 1.29 is 4.79 Å². The largest absolute Gasteiger partial charge is 0.358 e. The van der Waals surface area contributed by atoms with E-state index in [1.54, 1.807) is 24.5 Å². The molecule has 4 nitrogen and oxygen atoms in total. The molecule has 0 unspecified atom stereocenters. The molecule has 4 heteroatoms. The third-order valence-electron chi connectivity index (χ3n) is 3.40. The van der Waals surface area contributed by atoms with Crippen LogP contribution in [0, 0.1) is 0 Å². The summed E-state index contributed by atoms with van der Waals surface area (Å²) in [5.74, 6) is 0.0392. The average molecular weight is 279 g/mol. The van der Waals surface area contributed by atoms with E-state index in [9.17, 15) is 4.79 Å². The van der Waals surface area contributed by atoms with Gasteiger partial charge < -0.3 is 10.3 Å². The maximum atomic E-state index is 11.8. The van der Waals surface area contributed by atoms with Gasteiger partial charge in [0.15, 0.2) is 0 Å². The zero-order valence-corrected chi connectivity index (χ0v) is 11.7. The van der Waals surface area contributed by atoms with Crippen LogP contribution in [0.2, 0.25) is 0 Å². The number of para-hydroxylation sites is 1. The Morgan fingerprint density at radius 2 is 1.95 bits per heavy atom. The average Bonchev–Trinajstić information content (AvgIpc) is 2.91. The van der Waals surface area contributed by atoms with Crippen molar-refractivity contribution in [3.63, 3.8) is 0 Å². The molecule has 0 aliphatic carbocycles. The number of nitrogens with zero attached hydrogens (tertiary/aromatic N) is 1. The number of carbonyl (C=O) groups excluding carboxylic acids is 1. The minimum atomic E-state index is 0.0392. The van der Waals surface area contributed by atoms with Crippen LogP contribution < -0.4 is 5.32 Å².